The summed E-state index contributed by atoms with van der Waals surface area (Å²) in [6, 6.07) is 6.19. The van der Waals surface area contributed by atoms with Crippen LogP contribution in [0.2, 0.25) is 0 Å². The van der Waals surface area contributed by atoms with Gasteiger partial charge in [-0.1, -0.05) is 6.07 Å². The summed E-state index contributed by atoms with van der Waals surface area (Å²) in [7, 11) is 0. The highest BCUT2D eigenvalue weighted by Gasteiger charge is 2.12. The van der Waals surface area contributed by atoms with E-state index in [0.29, 0.717) is 0 Å². The van der Waals surface area contributed by atoms with Crippen molar-refractivity contribution in [3.63, 3.8) is 0 Å². The predicted octanol–water partition coefficient (Wildman–Crippen LogP) is 3.75. The number of rotatable bonds is 1. The van der Waals surface area contributed by atoms with Gasteiger partial charge in [-0.3, -0.25) is 0 Å². The minimum Gasteiger partial charge on any atom is -0.461 e. The molecule has 0 aliphatic carbocycles. The zero-order chi connectivity index (χ0) is 12.0. The van der Waals surface area contributed by atoms with E-state index in [0.717, 1.165) is 28.2 Å². The van der Waals surface area contributed by atoms with Gasteiger partial charge >= 0.3 is 0 Å². The average molecular weight is 226 g/mol. The molecule has 0 spiro atoms. The molecule has 0 bridgehead atoms. The molecule has 0 unspecified atom stereocenters. The Morgan fingerprint density at radius 1 is 1.12 bits per heavy atom. The molecule has 3 rings (SSSR count). The fraction of sp³-hybridized carbons (Fsp3) is 0.214. The molecule has 3 aromatic rings. The molecule has 0 aliphatic rings. The van der Waals surface area contributed by atoms with Crippen LogP contribution in [-0.4, -0.2) is 9.97 Å². The number of aromatic amines is 1. The van der Waals surface area contributed by atoms with Gasteiger partial charge in [0, 0.05) is 0 Å². The summed E-state index contributed by atoms with van der Waals surface area (Å²) in [6.07, 6.45) is 1.69. The minimum absolute atomic E-state index is 0.802. The third-order valence-electron chi connectivity index (χ3n) is 3.00. The number of fused-ring (bicyclic) bond motifs is 1. The molecule has 3 nitrogen and oxygen atoms in total. The monoisotopic (exact) mass is 226 g/mol. The molecule has 2 heterocycles. The smallest absolute Gasteiger partial charge is 0.174 e. The first-order chi connectivity index (χ1) is 8.15. The van der Waals surface area contributed by atoms with Crippen LogP contribution in [0.25, 0.3) is 22.6 Å². The second kappa shape index (κ2) is 3.48. The molecular weight excluding hydrogens is 212 g/mol. The first kappa shape index (κ1) is 10.1. The second-order valence-corrected chi connectivity index (χ2v) is 4.50. The van der Waals surface area contributed by atoms with Crippen LogP contribution in [0.1, 0.15) is 16.7 Å². The van der Waals surface area contributed by atoms with Crippen molar-refractivity contribution in [1.82, 2.24) is 9.97 Å². The molecular formula is C14H14N2O. The predicted molar refractivity (Wildman–Crippen MR) is 68.0 cm³/mol. The number of nitrogens with zero attached hydrogens (tertiary/aromatic N) is 1. The Morgan fingerprint density at radius 3 is 2.65 bits per heavy atom. The zero-order valence-corrected chi connectivity index (χ0v) is 10.2. The standard InChI is InChI=1S/C14H14N2O/c1-8-6-10(3)12-11(7-8)15-14(16-12)13-9(2)4-5-17-13/h4-7H,1-3H3,(H,15,16). The third-order valence-corrected chi connectivity index (χ3v) is 3.00. The summed E-state index contributed by atoms with van der Waals surface area (Å²) in [5.74, 6) is 1.62. The first-order valence-electron chi connectivity index (χ1n) is 5.66. The van der Waals surface area contributed by atoms with E-state index < -0.39 is 0 Å². The number of nitrogens with one attached hydrogen (secondary N) is 1. The molecule has 1 aromatic carbocycles. The Hall–Kier alpha value is -2.03. The van der Waals surface area contributed by atoms with E-state index in [2.05, 4.69) is 35.9 Å². The molecule has 0 aliphatic heterocycles. The second-order valence-electron chi connectivity index (χ2n) is 4.50. The lowest BCUT2D eigenvalue weighted by molar-refractivity contribution is 0.577. The van der Waals surface area contributed by atoms with Gasteiger partial charge in [-0.2, -0.15) is 0 Å². The highest BCUT2D eigenvalue weighted by molar-refractivity contribution is 5.82. The van der Waals surface area contributed by atoms with Crippen LogP contribution in [-0.2, 0) is 0 Å². The Balaban J connectivity index is 2.27. The minimum atomic E-state index is 0.802. The molecule has 0 amide bonds. The average Bonchev–Trinajstić information content (AvgIpc) is 2.83. The van der Waals surface area contributed by atoms with Crippen LogP contribution in [0.15, 0.2) is 28.9 Å². The summed E-state index contributed by atoms with van der Waals surface area (Å²) >= 11 is 0. The van der Waals surface area contributed by atoms with Gasteiger partial charge in [0.15, 0.2) is 11.6 Å². The number of H-pyrrole nitrogens is 1. The molecule has 0 atom stereocenters. The quantitative estimate of drug-likeness (QED) is 0.686. The number of imidazole rings is 1. The largest absolute Gasteiger partial charge is 0.461 e. The number of benzene rings is 1. The van der Waals surface area contributed by atoms with E-state index in [1.54, 1.807) is 6.26 Å². The van der Waals surface area contributed by atoms with Crippen LogP contribution < -0.4 is 0 Å². The Labute approximate surface area is 99.5 Å². The van der Waals surface area contributed by atoms with E-state index in [4.69, 9.17) is 4.42 Å². The highest BCUT2D eigenvalue weighted by atomic mass is 16.3. The van der Waals surface area contributed by atoms with Crippen LogP contribution in [0.5, 0.6) is 0 Å². The molecule has 1 N–H and O–H groups in total. The lowest BCUT2D eigenvalue weighted by atomic mass is 10.1. The van der Waals surface area contributed by atoms with Crippen molar-refractivity contribution in [3.05, 3.63) is 41.2 Å². The van der Waals surface area contributed by atoms with E-state index in [1.807, 2.05) is 13.0 Å². The summed E-state index contributed by atoms with van der Waals surface area (Å²) in [5.41, 5.74) is 5.60. The van der Waals surface area contributed by atoms with Gasteiger partial charge < -0.3 is 9.40 Å². The maximum atomic E-state index is 5.46. The Kier molecular flexibility index (Phi) is 2.08. The maximum Gasteiger partial charge on any atom is 0.174 e. The SMILES string of the molecule is Cc1cc(C)c2nc(-c3occc3C)[nH]c2c1. The number of furan rings is 1. The van der Waals surface area contributed by atoms with Crippen LogP contribution in [0.3, 0.4) is 0 Å². The highest BCUT2D eigenvalue weighted by Crippen LogP contribution is 2.26. The number of aromatic nitrogens is 2. The van der Waals surface area contributed by atoms with Crippen molar-refractivity contribution in [2.75, 3.05) is 0 Å². The van der Waals surface area contributed by atoms with Crippen molar-refractivity contribution < 1.29 is 4.42 Å². The molecule has 0 saturated heterocycles. The first-order valence-corrected chi connectivity index (χ1v) is 5.66. The van der Waals surface area contributed by atoms with E-state index in [-0.39, 0.29) is 0 Å². The van der Waals surface area contributed by atoms with Gasteiger partial charge in [0.25, 0.3) is 0 Å². The van der Waals surface area contributed by atoms with Gasteiger partial charge in [0.2, 0.25) is 0 Å². The lowest BCUT2D eigenvalue weighted by Crippen LogP contribution is -1.80. The topological polar surface area (TPSA) is 41.8 Å². The van der Waals surface area contributed by atoms with Crippen molar-refractivity contribution in [3.8, 4) is 11.6 Å². The molecule has 0 radical (unpaired) electrons. The number of hydrogen-bond acceptors (Lipinski definition) is 2. The summed E-state index contributed by atoms with van der Waals surface area (Å²) in [6.45, 7) is 6.18. The third kappa shape index (κ3) is 1.55. The molecule has 2 aromatic heterocycles. The molecule has 3 heteroatoms. The number of aryl methyl sites for hydroxylation is 3. The van der Waals surface area contributed by atoms with Gasteiger partial charge in [-0.15, -0.1) is 0 Å². The lowest BCUT2D eigenvalue weighted by Gasteiger charge is -1.96. The molecule has 0 saturated carbocycles. The van der Waals surface area contributed by atoms with Gasteiger partial charge in [0.05, 0.1) is 17.3 Å². The zero-order valence-electron chi connectivity index (χ0n) is 10.2. The Morgan fingerprint density at radius 2 is 1.94 bits per heavy atom. The van der Waals surface area contributed by atoms with E-state index >= 15 is 0 Å². The Bertz CT molecular complexity index is 691. The van der Waals surface area contributed by atoms with Crippen molar-refractivity contribution in [2.24, 2.45) is 0 Å². The van der Waals surface area contributed by atoms with E-state index in [9.17, 15) is 0 Å². The van der Waals surface area contributed by atoms with E-state index in [1.165, 1.54) is 11.1 Å². The van der Waals surface area contributed by atoms with Crippen LogP contribution in [0, 0.1) is 20.8 Å². The number of hydrogen-bond donors (Lipinski definition) is 1. The maximum absolute atomic E-state index is 5.46. The van der Waals surface area contributed by atoms with Crippen LogP contribution >= 0.6 is 0 Å². The van der Waals surface area contributed by atoms with Gasteiger partial charge in [-0.05, 0) is 49.6 Å². The fourth-order valence-electron chi connectivity index (χ4n) is 2.19. The van der Waals surface area contributed by atoms with Gasteiger partial charge in [-0.25, -0.2) is 4.98 Å². The van der Waals surface area contributed by atoms with Crippen molar-refractivity contribution in [2.45, 2.75) is 20.8 Å². The molecule has 0 fully saturated rings. The van der Waals surface area contributed by atoms with Crippen molar-refractivity contribution >= 4 is 11.0 Å². The summed E-state index contributed by atoms with van der Waals surface area (Å²) in [5, 5.41) is 0. The summed E-state index contributed by atoms with van der Waals surface area (Å²) in [4.78, 5) is 7.92. The molecule has 86 valence electrons. The van der Waals surface area contributed by atoms with Crippen molar-refractivity contribution in [1.29, 1.82) is 0 Å². The summed E-state index contributed by atoms with van der Waals surface area (Å²) < 4.78 is 5.46. The van der Waals surface area contributed by atoms with Crippen LogP contribution in [0.4, 0.5) is 0 Å². The van der Waals surface area contributed by atoms with Gasteiger partial charge in [0.1, 0.15) is 0 Å². The fourth-order valence-corrected chi connectivity index (χ4v) is 2.19. The normalized spacial score (nSPS) is 11.2. The molecule has 17 heavy (non-hydrogen) atoms.